The highest BCUT2D eigenvalue weighted by Crippen LogP contribution is 2.33. The van der Waals surface area contributed by atoms with Gasteiger partial charge in [0, 0.05) is 24.0 Å². The van der Waals surface area contributed by atoms with Gasteiger partial charge in [0.1, 0.15) is 5.82 Å². The van der Waals surface area contributed by atoms with Gasteiger partial charge in [-0.1, -0.05) is 37.1 Å². The molecular weight excluding hydrogens is 377 g/mol. The summed E-state index contributed by atoms with van der Waals surface area (Å²) in [5.74, 6) is 0.912. The van der Waals surface area contributed by atoms with E-state index in [2.05, 4.69) is 15.5 Å². The smallest absolute Gasteiger partial charge is 0.234 e. The Labute approximate surface area is 167 Å². The molecule has 6 nitrogen and oxygen atoms in total. The van der Waals surface area contributed by atoms with Crippen molar-refractivity contribution in [3.63, 3.8) is 0 Å². The van der Waals surface area contributed by atoms with E-state index in [0.717, 1.165) is 18.7 Å². The van der Waals surface area contributed by atoms with Gasteiger partial charge in [0.25, 0.3) is 0 Å². The van der Waals surface area contributed by atoms with Crippen molar-refractivity contribution in [2.24, 2.45) is 0 Å². The monoisotopic (exact) mass is 399 g/mol. The number of carbonyl (C=O) groups is 1. The van der Waals surface area contributed by atoms with Crippen molar-refractivity contribution < 1.29 is 9.18 Å². The van der Waals surface area contributed by atoms with E-state index in [0.29, 0.717) is 16.8 Å². The molecule has 2 heterocycles. The molecule has 1 amide bonds. The number of rotatable bonds is 6. The maximum absolute atomic E-state index is 13.3. The maximum Gasteiger partial charge on any atom is 0.234 e. The number of thioether (sulfide) groups is 1. The minimum absolute atomic E-state index is 0.167. The Balaban J connectivity index is 1.49. The Bertz CT molecular complexity index is 934. The third kappa shape index (κ3) is 4.27. The summed E-state index contributed by atoms with van der Waals surface area (Å²) in [5, 5.41) is 12.2. The summed E-state index contributed by atoms with van der Waals surface area (Å²) in [6.07, 6.45) is 9.83. The van der Waals surface area contributed by atoms with E-state index in [1.165, 1.54) is 43.2 Å². The van der Waals surface area contributed by atoms with E-state index < -0.39 is 0 Å². The second kappa shape index (κ2) is 8.60. The van der Waals surface area contributed by atoms with Crippen molar-refractivity contribution in [3.8, 4) is 0 Å². The third-order valence-corrected chi connectivity index (χ3v) is 5.79. The van der Waals surface area contributed by atoms with Crippen LogP contribution in [-0.4, -0.2) is 31.2 Å². The van der Waals surface area contributed by atoms with Crippen LogP contribution >= 0.6 is 11.8 Å². The van der Waals surface area contributed by atoms with Crippen molar-refractivity contribution >= 4 is 23.4 Å². The molecule has 1 N–H and O–H groups in total. The zero-order valence-electron chi connectivity index (χ0n) is 15.4. The van der Waals surface area contributed by atoms with Crippen LogP contribution in [0.2, 0.25) is 0 Å². The zero-order chi connectivity index (χ0) is 19.3. The minimum atomic E-state index is -0.380. The van der Waals surface area contributed by atoms with Gasteiger partial charge < -0.3 is 5.32 Å². The highest BCUT2D eigenvalue weighted by atomic mass is 32.2. The van der Waals surface area contributed by atoms with Gasteiger partial charge in [0.05, 0.1) is 5.75 Å². The highest BCUT2D eigenvalue weighted by Gasteiger charge is 2.24. The normalized spacial score (nSPS) is 14.9. The number of benzene rings is 1. The molecule has 0 saturated heterocycles. The average Bonchev–Trinajstić information content (AvgIpc) is 3.36. The first-order chi connectivity index (χ1) is 13.7. The number of aromatic nitrogens is 4. The number of halogens is 1. The topological polar surface area (TPSA) is 64.7 Å². The highest BCUT2D eigenvalue weighted by molar-refractivity contribution is 7.99. The molecule has 1 saturated carbocycles. The first-order valence-corrected chi connectivity index (χ1v) is 10.5. The first kappa shape index (κ1) is 18.7. The van der Waals surface area contributed by atoms with Gasteiger partial charge >= 0.3 is 0 Å². The molecule has 0 radical (unpaired) electrons. The quantitative estimate of drug-likeness (QED) is 0.628. The standard InChI is InChI=1S/C20H22FN5OS/c21-16-9-6-10-17(13-16)22-18(27)14-28-20-24-23-19(15-7-2-1-3-8-15)26(20)25-11-4-5-12-25/h4-6,9-13,15H,1-3,7-8,14H2,(H,22,27). The van der Waals surface area contributed by atoms with Crippen molar-refractivity contribution in [1.29, 1.82) is 0 Å². The summed E-state index contributed by atoms with van der Waals surface area (Å²) in [6.45, 7) is 0. The van der Waals surface area contributed by atoms with E-state index in [1.807, 2.05) is 33.9 Å². The van der Waals surface area contributed by atoms with Crippen LogP contribution in [-0.2, 0) is 4.79 Å². The summed E-state index contributed by atoms with van der Waals surface area (Å²) < 4.78 is 17.2. The number of carbonyl (C=O) groups excluding carboxylic acids is 1. The molecule has 1 aromatic carbocycles. The van der Waals surface area contributed by atoms with Crippen molar-refractivity contribution in [1.82, 2.24) is 19.5 Å². The van der Waals surface area contributed by atoms with Gasteiger partial charge in [0.2, 0.25) is 11.1 Å². The molecule has 0 bridgehead atoms. The zero-order valence-corrected chi connectivity index (χ0v) is 16.2. The Hall–Kier alpha value is -2.61. The molecule has 0 unspecified atom stereocenters. The van der Waals surface area contributed by atoms with Gasteiger partial charge in [-0.3, -0.25) is 9.47 Å². The van der Waals surface area contributed by atoms with E-state index in [4.69, 9.17) is 0 Å². The number of anilines is 1. The predicted octanol–water partition coefficient (Wildman–Crippen LogP) is 4.31. The average molecular weight is 399 g/mol. The largest absolute Gasteiger partial charge is 0.325 e. The third-order valence-electron chi connectivity index (χ3n) is 4.87. The molecule has 4 rings (SSSR count). The van der Waals surface area contributed by atoms with E-state index >= 15 is 0 Å². The van der Waals surface area contributed by atoms with Crippen LogP contribution in [0.1, 0.15) is 43.8 Å². The molecule has 28 heavy (non-hydrogen) atoms. The van der Waals surface area contributed by atoms with Gasteiger partial charge in [-0.15, -0.1) is 10.2 Å². The van der Waals surface area contributed by atoms with Gasteiger partial charge in [-0.05, 0) is 43.2 Å². The molecule has 1 fully saturated rings. The summed E-state index contributed by atoms with van der Waals surface area (Å²) in [5.41, 5.74) is 0.445. The van der Waals surface area contributed by atoms with Crippen LogP contribution in [0, 0.1) is 5.82 Å². The predicted molar refractivity (Wildman–Crippen MR) is 107 cm³/mol. The molecule has 0 aliphatic heterocycles. The second-order valence-electron chi connectivity index (χ2n) is 6.90. The fraction of sp³-hybridized carbons (Fsp3) is 0.350. The molecule has 0 spiro atoms. The molecule has 0 atom stereocenters. The number of nitrogens with one attached hydrogen (secondary N) is 1. The van der Waals surface area contributed by atoms with Crippen LogP contribution in [0.5, 0.6) is 0 Å². The fourth-order valence-corrected chi connectivity index (χ4v) is 4.29. The second-order valence-corrected chi connectivity index (χ2v) is 7.84. The lowest BCUT2D eigenvalue weighted by molar-refractivity contribution is -0.113. The van der Waals surface area contributed by atoms with Crippen molar-refractivity contribution in [2.75, 3.05) is 11.1 Å². The van der Waals surface area contributed by atoms with Gasteiger partial charge in [0.15, 0.2) is 5.82 Å². The maximum atomic E-state index is 13.3. The number of nitrogens with zero attached hydrogens (tertiary/aromatic N) is 4. The molecule has 1 aliphatic rings. The Morgan fingerprint density at radius 2 is 1.93 bits per heavy atom. The van der Waals surface area contributed by atoms with E-state index in [-0.39, 0.29) is 17.5 Å². The van der Waals surface area contributed by atoms with Crippen molar-refractivity contribution in [3.05, 3.63) is 60.4 Å². The van der Waals surface area contributed by atoms with E-state index in [9.17, 15) is 9.18 Å². The molecule has 8 heteroatoms. The van der Waals surface area contributed by atoms with Crippen LogP contribution < -0.4 is 5.32 Å². The van der Waals surface area contributed by atoms with Crippen LogP contribution in [0.15, 0.2) is 53.9 Å². The first-order valence-electron chi connectivity index (χ1n) is 9.48. The van der Waals surface area contributed by atoms with Crippen LogP contribution in [0.25, 0.3) is 0 Å². The molecule has 146 valence electrons. The fourth-order valence-electron chi connectivity index (χ4n) is 3.55. The van der Waals surface area contributed by atoms with Gasteiger partial charge in [-0.2, -0.15) is 0 Å². The van der Waals surface area contributed by atoms with Crippen LogP contribution in [0.3, 0.4) is 0 Å². The number of hydrogen-bond acceptors (Lipinski definition) is 4. The molecular formula is C20H22FN5OS. The van der Waals surface area contributed by atoms with Crippen molar-refractivity contribution in [2.45, 2.75) is 43.2 Å². The lowest BCUT2D eigenvalue weighted by Crippen LogP contribution is -2.18. The summed E-state index contributed by atoms with van der Waals surface area (Å²) >= 11 is 1.32. The Morgan fingerprint density at radius 3 is 2.68 bits per heavy atom. The minimum Gasteiger partial charge on any atom is -0.325 e. The Morgan fingerprint density at radius 1 is 1.14 bits per heavy atom. The molecule has 2 aromatic heterocycles. The summed E-state index contributed by atoms with van der Waals surface area (Å²) in [6, 6.07) is 9.78. The SMILES string of the molecule is O=C(CSc1nnc(C2CCCCC2)n1-n1cccc1)Nc1cccc(F)c1. The van der Waals surface area contributed by atoms with Crippen LogP contribution in [0.4, 0.5) is 10.1 Å². The molecule has 3 aromatic rings. The lowest BCUT2D eigenvalue weighted by Gasteiger charge is -2.22. The summed E-state index contributed by atoms with van der Waals surface area (Å²) in [4.78, 5) is 12.3. The van der Waals surface area contributed by atoms with E-state index in [1.54, 1.807) is 12.1 Å². The Kier molecular flexibility index (Phi) is 5.76. The number of amides is 1. The number of hydrogen-bond donors (Lipinski definition) is 1. The van der Waals surface area contributed by atoms with Gasteiger partial charge in [-0.25, -0.2) is 9.07 Å². The molecule has 1 aliphatic carbocycles. The summed E-state index contributed by atoms with van der Waals surface area (Å²) in [7, 11) is 0. The lowest BCUT2D eigenvalue weighted by atomic mass is 9.89.